The molecule has 2 rings (SSSR count). The topological polar surface area (TPSA) is 74.8 Å². The van der Waals surface area contributed by atoms with E-state index in [0.717, 1.165) is 5.56 Å². The molecule has 0 aliphatic carbocycles. The van der Waals surface area contributed by atoms with Crippen molar-refractivity contribution >= 4 is 10.0 Å². The summed E-state index contributed by atoms with van der Waals surface area (Å²) in [6.07, 6.45) is 3.39. The normalized spacial score (nSPS) is 14.0. The molecule has 5 nitrogen and oxygen atoms in total. The van der Waals surface area contributed by atoms with Crippen LogP contribution < -0.4 is 4.72 Å². The molecule has 1 atom stereocenters. The molecule has 0 aliphatic rings. The molecule has 1 heterocycles. The number of H-pyrrole nitrogens is 1. The van der Waals surface area contributed by atoms with Crippen LogP contribution in [0.4, 0.5) is 0 Å². The Morgan fingerprint density at radius 3 is 2.43 bits per heavy atom. The van der Waals surface area contributed by atoms with Crippen LogP contribution in [0.1, 0.15) is 38.8 Å². The second kappa shape index (κ2) is 5.99. The van der Waals surface area contributed by atoms with E-state index in [9.17, 15) is 8.42 Å². The fourth-order valence-corrected chi connectivity index (χ4v) is 3.30. The Balaban J connectivity index is 2.29. The second-order valence-corrected chi connectivity index (χ2v) is 8.00. The molecule has 21 heavy (non-hydrogen) atoms. The predicted molar refractivity (Wildman–Crippen MR) is 82.2 cm³/mol. The summed E-state index contributed by atoms with van der Waals surface area (Å²) in [4.78, 5) is 0.150. The first-order valence-corrected chi connectivity index (χ1v) is 8.32. The Morgan fingerprint density at radius 2 is 1.90 bits per heavy atom. The van der Waals surface area contributed by atoms with Gasteiger partial charge in [-0.3, -0.25) is 5.10 Å². The number of rotatable bonds is 5. The molecule has 0 amide bonds. The molecular formula is C15H21N3O2S. The van der Waals surface area contributed by atoms with Gasteiger partial charge in [-0.05, 0) is 17.4 Å². The maximum Gasteiger partial charge on any atom is 0.244 e. The molecule has 1 aromatic carbocycles. The SMILES string of the molecule is CC(C)(C)CC(NS(=O)(=O)c1cn[nH]c1)c1ccccc1. The highest BCUT2D eigenvalue weighted by Crippen LogP contribution is 2.30. The van der Waals surface area contributed by atoms with Gasteiger partial charge in [-0.1, -0.05) is 51.1 Å². The zero-order valence-electron chi connectivity index (χ0n) is 12.5. The number of hydrogen-bond acceptors (Lipinski definition) is 3. The van der Waals surface area contributed by atoms with E-state index in [1.807, 2.05) is 30.3 Å². The van der Waals surface area contributed by atoms with Gasteiger partial charge in [0.05, 0.1) is 6.20 Å². The van der Waals surface area contributed by atoms with Crippen molar-refractivity contribution in [2.24, 2.45) is 5.41 Å². The van der Waals surface area contributed by atoms with Crippen LogP contribution in [-0.2, 0) is 10.0 Å². The molecule has 114 valence electrons. The Kier molecular flexibility index (Phi) is 4.49. The van der Waals surface area contributed by atoms with Crippen LogP contribution in [0.2, 0.25) is 0 Å². The van der Waals surface area contributed by atoms with E-state index in [1.165, 1.54) is 12.4 Å². The van der Waals surface area contributed by atoms with E-state index < -0.39 is 10.0 Å². The highest BCUT2D eigenvalue weighted by molar-refractivity contribution is 7.89. The minimum atomic E-state index is -3.58. The summed E-state index contributed by atoms with van der Waals surface area (Å²) in [5.74, 6) is 0. The van der Waals surface area contributed by atoms with Crippen LogP contribution in [-0.4, -0.2) is 18.6 Å². The van der Waals surface area contributed by atoms with Crippen molar-refractivity contribution in [3.8, 4) is 0 Å². The minimum Gasteiger partial charge on any atom is -0.284 e. The zero-order valence-corrected chi connectivity index (χ0v) is 13.3. The standard InChI is InChI=1S/C15H21N3O2S/c1-15(2,3)9-14(12-7-5-4-6-8-12)18-21(19,20)13-10-16-17-11-13/h4-8,10-11,14,18H,9H2,1-3H3,(H,16,17). The first kappa shape index (κ1) is 15.7. The predicted octanol–water partition coefficient (Wildman–Crippen LogP) is 2.87. The van der Waals surface area contributed by atoms with Crippen LogP contribution in [0.5, 0.6) is 0 Å². The lowest BCUT2D eigenvalue weighted by Gasteiger charge is -2.27. The quantitative estimate of drug-likeness (QED) is 0.892. The van der Waals surface area contributed by atoms with Gasteiger partial charge in [-0.25, -0.2) is 13.1 Å². The van der Waals surface area contributed by atoms with Crippen molar-refractivity contribution in [3.05, 3.63) is 48.3 Å². The summed E-state index contributed by atoms with van der Waals surface area (Å²) in [5, 5.41) is 6.23. The maximum absolute atomic E-state index is 12.4. The molecule has 0 fully saturated rings. The summed E-state index contributed by atoms with van der Waals surface area (Å²) in [7, 11) is -3.58. The van der Waals surface area contributed by atoms with E-state index >= 15 is 0 Å². The molecule has 0 saturated heterocycles. The molecule has 1 unspecified atom stereocenters. The summed E-state index contributed by atoms with van der Waals surface area (Å²) in [6.45, 7) is 6.28. The largest absolute Gasteiger partial charge is 0.284 e. The van der Waals surface area contributed by atoms with E-state index in [1.54, 1.807) is 0 Å². The molecular weight excluding hydrogens is 286 g/mol. The van der Waals surface area contributed by atoms with Crippen molar-refractivity contribution in [1.29, 1.82) is 0 Å². The van der Waals surface area contributed by atoms with Crippen LogP contribution in [0.15, 0.2) is 47.6 Å². The molecule has 0 radical (unpaired) electrons. The average molecular weight is 307 g/mol. The van der Waals surface area contributed by atoms with Gasteiger partial charge in [0.1, 0.15) is 4.90 Å². The average Bonchev–Trinajstić information content (AvgIpc) is 2.92. The van der Waals surface area contributed by atoms with Crippen molar-refractivity contribution in [2.45, 2.75) is 38.1 Å². The third-order valence-corrected chi connectivity index (χ3v) is 4.54. The van der Waals surface area contributed by atoms with Gasteiger partial charge < -0.3 is 0 Å². The highest BCUT2D eigenvalue weighted by Gasteiger charge is 2.26. The lowest BCUT2D eigenvalue weighted by atomic mass is 9.86. The summed E-state index contributed by atoms with van der Waals surface area (Å²) >= 11 is 0. The first-order chi connectivity index (χ1) is 9.78. The van der Waals surface area contributed by atoms with Gasteiger partial charge in [-0.15, -0.1) is 0 Å². The van der Waals surface area contributed by atoms with Crippen molar-refractivity contribution < 1.29 is 8.42 Å². The molecule has 0 spiro atoms. The first-order valence-electron chi connectivity index (χ1n) is 6.84. The number of nitrogens with zero attached hydrogens (tertiary/aromatic N) is 1. The Hall–Kier alpha value is -1.66. The molecule has 6 heteroatoms. The zero-order chi connectivity index (χ0) is 15.5. The number of hydrogen-bond donors (Lipinski definition) is 2. The van der Waals surface area contributed by atoms with Crippen molar-refractivity contribution in [1.82, 2.24) is 14.9 Å². The van der Waals surface area contributed by atoms with Crippen molar-refractivity contribution in [3.63, 3.8) is 0 Å². The summed E-state index contributed by atoms with van der Waals surface area (Å²) in [6, 6.07) is 9.35. The highest BCUT2D eigenvalue weighted by atomic mass is 32.2. The Morgan fingerprint density at radius 1 is 1.24 bits per heavy atom. The van der Waals surface area contributed by atoms with E-state index in [-0.39, 0.29) is 16.4 Å². The van der Waals surface area contributed by atoms with Crippen LogP contribution in [0.3, 0.4) is 0 Å². The number of nitrogens with one attached hydrogen (secondary N) is 2. The Bertz CT molecular complexity index is 659. The minimum absolute atomic E-state index is 0.000571. The third kappa shape index (κ3) is 4.41. The van der Waals surface area contributed by atoms with Gasteiger partial charge in [0.2, 0.25) is 10.0 Å². The molecule has 2 aromatic rings. The number of sulfonamides is 1. The van der Waals surface area contributed by atoms with Gasteiger partial charge in [-0.2, -0.15) is 5.10 Å². The van der Waals surface area contributed by atoms with Gasteiger partial charge >= 0.3 is 0 Å². The number of benzene rings is 1. The van der Waals surface area contributed by atoms with Gasteiger partial charge in [0.25, 0.3) is 0 Å². The number of aromatic amines is 1. The fourth-order valence-electron chi connectivity index (χ4n) is 2.17. The van der Waals surface area contributed by atoms with Crippen molar-refractivity contribution in [2.75, 3.05) is 0 Å². The maximum atomic E-state index is 12.4. The van der Waals surface area contributed by atoms with E-state index in [0.29, 0.717) is 6.42 Å². The van der Waals surface area contributed by atoms with Crippen LogP contribution >= 0.6 is 0 Å². The summed E-state index contributed by atoms with van der Waals surface area (Å²) < 4.78 is 27.6. The van der Waals surface area contributed by atoms with E-state index in [4.69, 9.17) is 0 Å². The second-order valence-electron chi connectivity index (χ2n) is 6.28. The van der Waals surface area contributed by atoms with Gasteiger partial charge in [0, 0.05) is 12.2 Å². The lowest BCUT2D eigenvalue weighted by Crippen LogP contribution is -2.31. The van der Waals surface area contributed by atoms with Crippen LogP contribution in [0, 0.1) is 5.41 Å². The van der Waals surface area contributed by atoms with Gasteiger partial charge in [0.15, 0.2) is 0 Å². The fraction of sp³-hybridized carbons (Fsp3) is 0.400. The molecule has 1 aromatic heterocycles. The molecule has 2 N–H and O–H groups in total. The summed E-state index contributed by atoms with van der Waals surface area (Å²) in [5.41, 5.74) is 0.957. The third-order valence-electron chi connectivity index (χ3n) is 3.10. The van der Waals surface area contributed by atoms with Crippen LogP contribution in [0.25, 0.3) is 0 Å². The molecule has 0 saturated carbocycles. The van der Waals surface area contributed by atoms with E-state index in [2.05, 4.69) is 35.7 Å². The monoisotopic (exact) mass is 307 g/mol. The lowest BCUT2D eigenvalue weighted by molar-refractivity contribution is 0.331. The smallest absolute Gasteiger partial charge is 0.244 e. The number of aromatic nitrogens is 2. The molecule has 0 bridgehead atoms. The Labute approximate surface area is 125 Å². The molecule has 0 aliphatic heterocycles.